The van der Waals surface area contributed by atoms with Gasteiger partial charge >= 0.3 is 0 Å². The number of hydrogen-bond donors (Lipinski definition) is 0. The number of rotatable bonds is 4. The molecular formula is C5H13N3O2. The highest BCUT2D eigenvalue weighted by molar-refractivity contribution is 4.43. The molecule has 0 saturated carbocycles. The highest BCUT2D eigenvalue weighted by Gasteiger charge is 2.05. The van der Waals surface area contributed by atoms with Crippen molar-refractivity contribution >= 4 is 0 Å². The molecule has 0 aromatic heterocycles. The zero-order chi connectivity index (χ0) is 8.15. The van der Waals surface area contributed by atoms with Crippen LogP contribution in [0.2, 0.25) is 0 Å². The van der Waals surface area contributed by atoms with Crippen molar-refractivity contribution in [2.24, 2.45) is 0 Å². The molecule has 0 aliphatic carbocycles. The predicted octanol–water partition coefficient (Wildman–Crippen LogP) is -0.328. The van der Waals surface area contributed by atoms with Gasteiger partial charge in [-0.05, 0) is 14.1 Å². The Morgan fingerprint density at radius 2 is 1.80 bits per heavy atom. The van der Waals surface area contributed by atoms with Gasteiger partial charge in [0, 0.05) is 6.54 Å². The van der Waals surface area contributed by atoms with E-state index < -0.39 is 5.03 Å². The monoisotopic (exact) mass is 147 g/mol. The van der Waals surface area contributed by atoms with E-state index >= 15 is 0 Å². The van der Waals surface area contributed by atoms with Gasteiger partial charge in [0.05, 0.1) is 13.6 Å². The second-order valence-electron chi connectivity index (χ2n) is 2.42. The average Bonchev–Trinajstić information content (AvgIpc) is 1.82. The third kappa shape index (κ3) is 4.08. The Balaban J connectivity index is 3.40. The Morgan fingerprint density at radius 1 is 1.30 bits per heavy atom. The Kier molecular flexibility index (Phi) is 3.71. The molecule has 0 spiro atoms. The molecule has 5 heteroatoms. The molecule has 60 valence electrons. The van der Waals surface area contributed by atoms with Crippen molar-refractivity contribution in [2.75, 3.05) is 34.2 Å². The van der Waals surface area contributed by atoms with Crippen molar-refractivity contribution in [3.63, 3.8) is 0 Å². The van der Waals surface area contributed by atoms with Gasteiger partial charge in [0.2, 0.25) is 0 Å². The summed E-state index contributed by atoms with van der Waals surface area (Å²) in [7, 11) is 5.23. The van der Waals surface area contributed by atoms with Crippen LogP contribution in [-0.2, 0) is 0 Å². The Hall–Kier alpha value is -0.840. The maximum Gasteiger partial charge on any atom is 0.159 e. The fraction of sp³-hybridized carbons (Fsp3) is 1.00. The van der Waals surface area contributed by atoms with Gasteiger partial charge in [0.15, 0.2) is 5.03 Å². The fourth-order valence-electron chi connectivity index (χ4n) is 0.426. The van der Waals surface area contributed by atoms with Gasteiger partial charge in [-0.25, -0.2) is 10.1 Å². The largest absolute Gasteiger partial charge is 0.307 e. The topological polar surface area (TPSA) is 49.6 Å². The van der Waals surface area contributed by atoms with Gasteiger partial charge in [-0.2, -0.15) is 0 Å². The molecule has 0 unspecified atom stereocenters. The smallest absolute Gasteiger partial charge is 0.159 e. The van der Waals surface area contributed by atoms with Gasteiger partial charge in [0.25, 0.3) is 0 Å². The molecule has 0 aromatic rings. The summed E-state index contributed by atoms with van der Waals surface area (Å²) in [5, 5.41) is 10.7. The summed E-state index contributed by atoms with van der Waals surface area (Å²) >= 11 is 0. The maximum atomic E-state index is 10.0. The summed E-state index contributed by atoms with van der Waals surface area (Å²) in [5.74, 6) is 0. The summed E-state index contributed by atoms with van der Waals surface area (Å²) in [6, 6.07) is 0. The normalized spacial score (nSPS) is 10.0. The van der Waals surface area contributed by atoms with Crippen LogP contribution in [0.25, 0.3) is 0 Å². The zero-order valence-corrected chi connectivity index (χ0v) is 6.57. The van der Waals surface area contributed by atoms with Crippen LogP contribution in [0.1, 0.15) is 0 Å². The molecule has 0 fully saturated rings. The minimum atomic E-state index is -0.413. The molecule has 0 aliphatic heterocycles. The Bertz CT molecular complexity index is 115. The molecule has 0 N–H and O–H groups in total. The number of likely N-dealkylation sites (N-methyl/N-ethyl adjacent to an activating group) is 2. The van der Waals surface area contributed by atoms with E-state index in [2.05, 4.69) is 0 Å². The van der Waals surface area contributed by atoms with E-state index in [9.17, 15) is 10.1 Å². The molecule has 0 rings (SSSR count). The van der Waals surface area contributed by atoms with Crippen molar-refractivity contribution in [3.05, 3.63) is 10.1 Å². The summed E-state index contributed by atoms with van der Waals surface area (Å²) < 4.78 is 0. The molecule has 0 aliphatic rings. The first-order valence-corrected chi connectivity index (χ1v) is 3.04. The SMILES string of the molecule is CN(C)CCN(C)[N+](=O)[O-]. The molecule has 0 heterocycles. The van der Waals surface area contributed by atoms with E-state index in [1.165, 1.54) is 7.05 Å². The van der Waals surface area contributed by atoms with Crippen molar-refractivity contribution < 1.29 is 5.03 Å². The average molecular weight is 147 g/mol. The second kappa shape index (κ2) is 4.05. The van der Waals surface area contributed by atoms with Crippen molar-refractivity contribution in [1.82, 2.24) is 9.91 Å². The van der Waals surface area contributed by atoms with Crippen LogP contribution in [0.4, 0.5) is 0 Å². The number of hydrazine groups is 1. The van der Waals surface area contributed by atoms with Gasteiger partial charge in [-0.1, -0.05) is 0 Å². The first-order chi connectivity index (χ1) is 4.54. The second-order valence-corrected chi connectivity index (χ2v) is 2.42. The predicted molar refractivity (Wildman–Crippen MR) is 38.2 cm³/mol. The van der Waals surface area contributed by atoms with E-state index in [1.807, 2.05) is 19.0 Å². The van der Waals surface area contributed by atoms with E-state index in [0.717, 1.165) is 5.01 Å². The first kappa shape index (κ1) is 9.16. The lowest BCUT2D eigenvalue weighted by Crippen LogP contribution is -2.32. The van der Waals surface area contributed by atoms with E-state index in [1.54, 1.807) is 0 Å². The van der Waals surface area contributed by atoms with Gasteiger partial charge < -0.3 is 4.90 Å². The van der Waals surface area contributed by atoms with E-state index in [4.69, 9.17) is 0 Å². The first-order valence-electron chi connectivity index (χ1n) is 3.04. The van der Waals surface area contributed by atoms with Crippen LogP contribution in [-0.4, -0.2) is 49.2 Å². The number of nitro groups is 1. The van der Waals surface area contributed by atoms with Crippen LogP contribution in [0.15, 0.2) is 0 Å². The van der Waals surface area contributed by atoms with Crippen LogP contribution in [0.3, 0.4) is 0 Å². The van der Waals surface area contributed by atoms with E-state index in [-0.39, 0.29) is 0 Å². The van der Waals surface area contributed by atoms with Gasteiger partial charge in [-0.3, -0.25) is 0 Å². The molecule has 10 heavy (non-hydrogen) atoms. The Labute approximate surface area is 60.3 Å². The van der Waals surface area contributed by atoms with Crippen LogP contribution in [0, 0.1) is 10.1 Å². The quantitative estimate of drug-likeness (QED) is 0.403. The van der Waals surface area contributed by atoms with Crippen LogP contribution in [0.5, 0.6) is 0 Å². The number of nitrogens with zero attached hydrogens (tertiary/aromatic N) is 3. The van der Waals surface area contributed by atoms with Crippen molar-refractivity contribution in [3.8, 4) is 0 Å². The molecule has 0 radical (unpaired) electrons. The van der Waals surface area contributed by atoms with Crippen LogP contribution >= 0.6 is 0 Å². The summed E-state index contributed by atoms with van der Waals surface area (Å²) in [6.45, 7) is 1.16. The molecule has 0 amide bonds. The molecule has 5 nitrogen and oxygen atoms in total. The molecule has 0 aromatic carbocycles. The lowest BCUT2D eigenvalue weighted by atomic mass is 10.6. The van der Waals surface area contributed by atoms with Crippen molar-refractivity contribution in [1.29, 1.82) is 0 Å². The molecule has 0 bridgehead atoms. The lowest BCUT2D eigenvalue weighted by molar-refractivity contribution is -0.648. The summed E-state index contributed by atoms with van der Waals surface area (Å²) in [5.41, 5.74) is 0. The summed E-state index contributed by atoms with van der Waals surface area (Å²) in [6.07, 6.45) is 0. The maximum absolute atomic E-state index is 10.0. The van der Waals surface area contributed by atoms with Crippen LogP contribution < -0.4 is 0 Å². The molecule has 0 atom stereocenters. The molecular weight excluding hydrogens is 134 g/mol. The highest BCUT2D eigenvalue weighted by Crippen LogP contribution is 1.82. The minimum absolute atomic E-state index is 0.413. The Morgan fingerprint density at radius 3 is 2.10 bits per heavy atom. The van der Waals surface area contributed by atoms with Gasteiger partial charge in [0.1, 0.15) is 0 Å². The molecule has 0 saturated heterocycles. The van der Waals surface area contributed by atoms with Crippen molar-refractivity contribution in [2.45, 2.75) is 0 Å². The lowest BCUT2D eigenvalue weighted by Gasteiger charge is -2.11. The minimum Gasteiger partial charge on any atom is -0.307 e. The van der Waals surface area contributed by atoms with E-state index in [0.29, 0.717) is 13.1 Å². The third-order valence-electron chi connectivity index (χ3n) is 1.15. The third-order valence-corrected chi connectivity index (χ3v) is 1.15. The summed E-state index contributed by atoms with van der Waals surface area (Å²) in [4.78, 5) is 11.9. The standard InChI is InChI=1S/C5H13N3O2/c1-6(2)4-5-7(3)8(9)10/h4-5H2,1-3H3. The fourth-order valence-corrected chi connectivity index (χ4v) is 0.426. The highest BCUT2D eigenvalue weighted by atomic mass is 16.7. The number of hydrogen-bond acceptors (Lipinski definition) is 3. The zero-order valence-electron chi connectivity index (χ0n) is 6.57. The van der Waals surface area contributed by atoms with Gasteiger partial charge in [-0.15, -0.1) is 5.01 Å².